The molecule has 0 saturated heterocycles. The lowest BCUT2D eigenvalue weighted by atomic mass is 10.0. The van der Waals surface area contributed by atoms with E-state index in [0.29, 0.717) is 17.9 Å². The highest BCUT2D eigenvalue weighted by Gasteiger charge is 2.19. The Morgan fingerprint density at radius 3 is 2.71 bits per heavy atom. The average molecular weight is 328 g/mol. The highest BCUT2D eigenvalue weighted by atomic mass is 16.2. The summed E-state index contributed by atoms with van der Waals surface area (Å²) in [4.78, 5) is 28.6. The smallest absolute Gasteiger partial charge is 0.269 e. The molecule has 3 rings (SSSR count). The second-order valence-corrected chi connectivity index (χ2v) is 6.46. The van der Waals surface area contributed by atoms with E-state index in [0.717, 1.165) is 36.2 Å². The number of aromatic nitrogens is 2. The molecule has 2 N–H and O–H groups in total. The first kappa shape index (κ1) is 16.5. The number of imidazole rings is 1. The fourth-order valence-electron chi connectivity index (χ4n) is 3.52. The van der Waals surface area contributed by atoms with Crippen molar-refractivity contribution in [2.75, 3.05) is 0 Å². The van der Waals surface area contributed by atoms with E-state index >= 15 is 0 Å². The fraction of sp³-hybridized carbons (Fsp3) is 0.500. The number of benzene rings is 1. The minimum Gasteiger partial charge on any atom is -0.329 e. The molecule has 1 aromatic heterocycles. The molecule has 1 saturated carbocycles. The summed E-state index contributed by atoms with van der Waals surface area (Å²) < 4.78 is 2.10. The molecule has 2 amide bonds. The van der Waals surface area contributed by atoms with Crippen LogP contribution in [0.4, 0.5) is 0 Å². The van der Waals surface area contributed by atoms with Crippen LogP contribution in [0.5, 0.6) is 0 Å². The maximum atomic E-state index is 12.2. The molecule has 0 aliphatic heterocycles. The molecular formula is C18H24N4O2. The summed E-state index contributed by atoms with van der Waals surface area (Å²) in [6.45, 7) is 4.85. The molecule has 0 radical (unpaired) electrons. The first-order valence-corrected chi connectivity index (χ1v) is 8.64. The van der Waals surface area contributed by atoms with E-state index in [1.165, 1.54) is 12.8 Å². The molecule has 128 valence electrons. The summed E-state index contributed by atoms with van der Waals surface area (Å²) in [7, 11) is 0. The molecule has 0 unspecified atom stereocenters. The molecule has 6 nitrogen and oxygen atoms in total. The molecule has 1 aromatic carbocycles. The Morgan fingerprint density at radius 1 is 1.25 bits per heavy atom. The first-order valence-electron chi connectivity index (χ1n) is 8.64. The van der Waals surface area contributed by atoms with E-state index in [9.17, 15) is 9.59 Å². The zero-order valence-electron chi connectivity index (χ0n) is 14.3. The van der Waals surface area contributed by atoms with E-state index in [4.69, 9.17) is 0 Å². The maximum Gasteiger partial charge on any atom is 0.269 e. The quantitative estimate of drug-likeness (QED) is 0.847. The van der Waals surface area contributed by atoms with E-state index < -0.39 is 0 Å². The predicted octanol–water partition coefficient (Wildman–Crippen LogP) is 2.71. The minimum atomic E-state index is -0.319. The summed E-state index contributed by atoms with van der Waals surface area (Å²) in [6, 6.07) is 5.41. The van der Waals surface area contributed by atoms with Crippen molar-refractivity contribution in [3.63, 3.8) is 0 Å². The lowest BCUT2D eigenvalue weighted by molar-refractivity contribution is -0.122. The molecule has 1 aliphatic rings. The molecule has 1 aliphatic carbocycles. The van der Waals surface area contributed by atoms with Gasteiger partial charge in [0, 0.05) is 18.5 Å². The van der Waals surface area contributed by atoms with Gasteiger partial charge < -0.3 is 4.57 Å². The largest absolute Gasteiger partial charge is 0.329 e. The molecule has 1 fully saturated rings. The van der Waals surface area contributed by atoms with Crippen LogP contribution in [-0.4, -0.2) is 21.4 Å². The molecule has 24 heavy (non-hydrogen) atoms. The molecule has 0 spiro atoms. The van der Waals surface area contributed by atoms with Crippen molar-refractivity contribution in [3.8, 4) is 0 Å². The summed E-state index contributed by atoms with van der Waals surface area (Å²) in [6.07, 6.45) is 5.11. The Kier molecular flexibility index (Phi) is 4.83. The third-order valence-electron chi connectivity index (χ3n) is 4.78. The Morgan fingerprint density at radius 2 is 2.00 bits per heavy atom. The third-order valence-corrected chi connectivity index (χ3v) is 4.78. The van der Waals surface area contributed by atoms with Gasteiger partial charge in [-0.05, 0) is 50.8 Å². The standard InChI is InChI=1S/C18H24N4O2/c1-3-22-12(2)19-15-11-14(8-9-16(15)22)18(24)21-20-17(23)10-13-6-4-5-7-13/h8-9,11,13H,3-7,10H2,1-2H3,(H,20,23)(H,21,24). The zero-order valence-corrected chi connectivity index (χ0v) is 14.3. The van der Waals surface area contributed by atoms with Crippen molar-refractivity contribution < 1.29 is 9.59 Å². The number of nitrogens with one attached hydrogen (secondary N) is 2. The van der Waals surface area contributed by atoms with Crippen molar-refractivity contribution in [1.29, 1.82) is 0 Å². The molecule has 0 bridgehead atoms. The minimum absolute atomic E-state index is 0.123. The van der Waals surface area contributed by atoms with Crippen LogP contribution in [0.15, 0.2) is 18.2 Å². The number of hydrogen-bond donors (Lipinski definition) is 2. The van der Waals surface area contributed by atoms with Crippen molar-refractivity contribution in [2.24, 2.45) is 5.92 Å². The lowest BCUT2D eigenvalue weighted by Gasteiger charge is -2.10. The van der Waals surface area contributed by atoms with Crippen molar-refractivity contribution in [1.82, 2.24) is 20.4 Å². The van der Waals surface area contributed by atoms with Gasteiger partial charge in [-0.3, -0.25) is 20.4 Å². The van der Waals surface area contributed by atoms with Crippen molar-refractivity contribution >= 4 is 22.8 Å². The lowest BCUT2D eigenvalue weighted by Crippen LogP contribution is -2.42. The van der Waals surface area contributed by atoms with Gasteiger partial charge in [-0.2, -0.15) is 0 Å². The number of carbonyl (C=O) groups excluding carboxylic acids is 2. The topological polar surface area (TPSA) is 76.0 Å². The van der Waals surface area contributed by atoms with Crippen LogP contribution in [0, 0.1) is 12.8 Å². The number of carbonyl (C=O) groups is 2. The van der Waals surface area contributed by atoms with E-state index in [1.54, 1.807) is 12.1 Å². The van der Waals surface area contributed by atoms with Gasteiger partial charge in [-0.15, -0.1) is 0 Å². The Hall–Kier alpha value is -2.37. The molecule has 2 aromatic rings. The maximum absolute atomic E-state index is 12.2. The molecule has 0 atom stereocenters. The highest BCUT2D eigenvalue weighted by Crippen LogP contribution is 2.27. The number of rotatable bonds is 4. The van der Waals surface area contributed by atoms with Crippen molar-refractivity contribution in [2.45, 2.75) is 52.5 Å². The fourth-order valence-corrected chi connectivity index (χ4v) is 3.52. The van der Waals surface area contributed by atoms with Gasteiger partial charge in [0.1, 0.15) is 5.82 Å². The van der Waals surface area contributed by atoms with Gasteiger partial charge >= 0.3 is 0 Å². The van der Waals surface area contributed by atoms with Gasteiger partial charge in [0.2, 0.25) is 5.91 Å². The van der Waals surface area contributed by atoms with E-state index in [2.05, 4.69) is 27.3 Å². The first-order chi connectivity index (χ1) is 11.6. The van der Waals surface area contributed by atoms with Crippen LogP contribution in [0.2, 0.25) is 0 Å². The Bertz CT molecular complexity index is 760. The molecular weight excluding hydrogens is 304 g/mol. The van der Waals surface area contributed by atoms with Gasteiger partial charge in [0.05, 0.1) is 11.0 Å². The second-order valence-electron chi connectivity index (χ2n) is 6.46. The van der Waals surface area contributed by atoms with Crippen LogP contribution < -0.4 is 10.9 Å². The van der Waals surface area contributed by atoms with Gasteiger partial charge in [0.25, 0.3) is 5.91 Å². The molecule has 1 heterocycles. The highest BCUT2D eigenvalue weighted by molar-refractivity contribution is 5.98. The van der Waals surface area contributed by atoms with Crippen LogP contribution in [0.25, 0.3) is 11.0 Å². The summed E-state index contributed by atoms with van der Waals surface area (Å²) in [5, 5.41) is 0. The number of fused-ring (bicyclic) bond motifs is 1. The van der Waals surface area contributed by atoms with Crippen LogP contribution in [0.1, 0.15) is 55.2 Å². The zero-order chi connectivity index (χ0) is 17.1. The Labute approximate surface area is 141 Å². The van der Waals surface area contributed by atoms with Crippen LogP contribution in [-0.2, 0) is 11.3 Å². The normalized spacial score (nSPS) is 14.9. The van der Waals surface area contributed by atoms with Gasteiger partial charge in [-0.1, -0.05) is 12.8 Å². The summed E-state index contributed by atoms with van der Waals surface area (Å²) in [5.41, 5.74) is 7.31. The Balaban J connectivity index is 1.62. The molecule has 6 heteroatoms. The van der Waals surface area contributed by atoms with Crippen molar-refractivity contribution in [3.05, 3.63) is 29.6 Å². The average Bonchev–Trinajstić information content (AvgIpc) is 3.18. The number of hydrogen-bond acceptors (Lipinski definition) is 3. The van der Waals surface area contributed by atoms with E-state index in [1.807, 2.05) is 13.0 Å². The number of amides is 2. The van der Waals surface area contributed by atoms with Gasteiger partial charge in [-0.25, -0.2) is 4.98 Å². The third kappa shape index (κ3) is 3.42. The monoisotopic (exact) mass is 328 g/mol. The second kappa shape index (κ2) is 7.03. The van der Waals surface area contributed by atoms with Gasteiger partial charge in [0.15, 0.2) is 0 Å². The number of aryl methyl sites for hydroxylation is 2. The van der Waals surface area contributed by atoms with Crippen LogP contribution >= 0.6 is 0 Å². The number of nitrogens with zero attached hydrogens (tertiary/aromatic N) is 2. The van der Waals surface area contributed by atoms with Crippen LogP contribution in [0.3, 0.4) is 0 Å². The summed E-state index contributed by atoms with van der Waals surface area (Å²) in [5.74, 6) is 0.942. The predicted molar refractivity (Wildman–Crippen MR) is 92.3 cm³/mol. The SMILES string of the molecule is CCn1c(C)nc2cc(C(=O)NNC(=O)CC3CCCC3)ccc21. The summed E-state index contributed by atoms with van der Waals surface area (Å²) >= 11 is 0. The number of hydrazine groups is 1. The van der Waals surface area contributed by atoms with E-state index in [-0.39, 0.29) is 11.8 Å².